The second-order valence-electron chi connectivity index (χ2n) is 12.0. The minimum Gasteiger partial charge on any atom is -0.353 e. The largest absolute Gasteiger partial charge is 0.353 e. The van der Waals surface area contributed by atoms with E-state index in [0.29, 0.717) is 17.9 Å². The summed E-state index contributed by atoms with van der Waals surface area (Å²) in [6, 6.07) is 4.74. The van der Waals surface area contributed by atoms with Crippen LogP contribution in [0.15, 0.2) is 24.7 Å². The summed E-state index contributed by atoms with van der Waals surface area (Å²) in [5, 5.41) is 8.02. The molecule has 202 valence electrons. The third-order valence-electron chi connectivity index (χ3n) is 8.33. The van der Waals surface area contributed by atoms with Crippen molar-refractivity contribution in [3.8, 4) is 11.3 Å². The average Bonchev–Trinajstić information content (AvgIpc) is 3.50. The lowest BCUT2D eigenvalue weighted by Crippen LogP contribution is -2.56. The van der Waals surface area contributed by atoms with Crippen molar-refractivity contribution >= 4 is 22.6 Å². The molecule has 38 heavy (non-hydrogen) atoms. The number of aromatic amines is 1. The number of fused-ring (bicyclic) bond motifs is 2. The van der Waals surface area contributed by atoms with Crippen molar-refractivity contribution in [3.63, 3.8) is 0 Å². The summed E-state index contributed by atoms with van der Waals surface area (Å²) in [4.78, 5) is 27.6. The van der Waals surface area contributed by atoms with Gasteiger partial charge in [-0.3, -0.25) is 9.78 Å². The number of hydrogen-bond acceptors (Lipinski definition) is 5. The Bertz CT molecular complexity index is 1490. The maximum Gasteiger partial charge on any atom is 0.241 e. The molecule has 0 bridgehead atoms. The molecule has 0 saturated heterocycles. The van der Waals surface area contributed by atoms with Crippen LogP contribution in [0.25, 0.3) is 27.9 Å². The van der Waals surface area contributed by atoms with Crippen LogP contribution < -0.4 is 5.32 Å². The van der Waals surface area contributed by atoms with Gasteiger partial charge in [0.05, 0.1) is 22.3 Å². The van der Waals surface area contributed by atoms with Crippen LogP contribution in [0.3, 0.4) is 0 Å². The topological polar surface area (TPSA) is 91.2 Å². The van der Waals surface area contributed by atoms with E-state index in [9.17, 15) is 4.79 Å². The summed E-state index contributed by atoms with van der Waals surface area (Å²) in [5.74, 6) is 0.854. The molecule has 4 aromatic heterocycles. The van der Waals surface area contributed by atoms with Gasteiger partial charge in [0, 0.05) is 49.1 Å². The SMILES string of the molecule is Cc1c(-c2[nH]c3ccc(C4CCC(NC(C)(C)C(=O)N(C)C)CC4)nc3c2C(C)C)cn2ncnc2c1C. The van der Waals surface area contributed by atoms with Crippen molar-refractivity contribution in [2.45, 2.75) is 90.6 Å². The Hall–Kier alpha value is -3.26. The van der Waals surface area contributed by atoms with Crippen molar-refractivity contribution in [2.24, 2.45) is 0 Å². The highest BCUT2D eigenvalue weighted by molar-refractivity contribution is 5.89. The molecule has 8 heteroatoms. The van der Waals surface area contributed by atoms with Crippen molar-refractivity contribution in [1.82, 2.24) is 34.8 Å². The number of pyridine rings is 2. The van der Waals surface area contributed by atoms with E-state index in [1.165, 1.54) is 16.8 Å². The zero-order valence-electron chi connectivity index (χ0n) is 24.0. The number of H-pyrrole nitrogens is 1. The van der Waals surface area contributed by atoms with Crippen LogP contribution in [0.5, 0.6) is 0 Å². The van der Waals surface area contributed by atoms with Crippen molar-refractivity contribution in [2.75, 3.05) is 14.1 Å². The highest BCUT2D eigenvalue weighted by Gasteiger charge is 2.33. The molecule has 5 rings (SSSR count). The molecule has 0 unspecified atom stereocenters. The van der Waals surface area contributed by atoms with E-state index in [1.807, 2.05) is 32.5 Å². The minimum atomic E-state index is -0.558. The first-order valence-corrected chi connectivity index (χ1v) is 13.8. The summed E-state index contributed by atoms with van der Waals surface area (Å²) in [6.07, 6.45) is 7.91. The molecule has 0 atom stereocenters. The number of aryl methyl sites for hydroxylation is 1. The van der Waals surface area contributed by atoms with Gasteiger partial charge >= 0.3 is 0 Å². The van der Waals surface area contributed by atoms with Crippen molar-refractivity contribution in [1.29, 1.82) is 0 Å². The van der Waals surface area contributed by atoms with Crippen LogP contribution in [0, 0.1) is 13.8 Å². The second kappa shape index (κ2) is 9.80. The third kappa shape index (κ3) is 4.59. The molecule has 1 aliphatic rings. The number of hydrogen-bond donors (Lipinski definition) is 2. The molecule has 0 aliphatic heterocycles. The van der Waals surface area contributed by atoms with Crippen LogP contribution in [0.1, 0.15) is 87.6 Å². The molecule has 0 aromatic carbocycles. The summed E-state index contributed by atoms with van der Waals surface area (Å²) in [5.41, 5.74) is 9.52. The summed E-state index contributed by atoms with van der Waals surface area (Å²) in [7, 11) is 3.63. The van der Waals surface area contributed by atoms with Crippen LogP contribution in [-0.4, -0.2) is 61.0 Å². The zero-order chi connectivity index (χ0) is 27.4. The molecule has 4 aromatic rings. The number of carbonyl (C=O) groups excluding carboxylic acids is 1. The van der Waals surface area contributed by atoms with E-state index in [0.717, 1.165) is 59.2 Å². The van der Waals surface area contributed by atoms with Crippen LogP contribution in [0.4, 0.5) is 0 Å². The lowest BCUT2D eigenvalue weighted by Gasteiger charge is -2.36. The Morgan fingerprint density at radius 1 is 1.13 bits per heavy atom. The summed E-state index contributed by atoms with van der Waals surface area (Å²) < 4.78 is 1.87. The van der Waals surface area contributed by atoms with Gasteiger partial charge in [-0.15, -0.1) is 0 Å². The first kappa shape index (κ1) is 26.4. The molecule has 8 nitrogen and oxygen atoms in total. The molecule has 1 saturated carbocycles. The number of carbonyl (C=O) groups is 1. The second-order valence-corrected chi connectivity index (χ2v) is 12.0. The van der Waals surface area contributed by atoms with Gasteiger partial charge in [-0.05, 0) is 82.6 Å². The van der Waals surface area contributed by atoms with Crippen LogP contribution in [0.2, 0.25) is 0 Å². The molecule has 0 radical (unpaired) electrons. The van der Waals surface area contributed by atoms with E-state index in [2.05, 4.69) is 66.4 Å². The maximum absolute atomic E-state index is 12.6. The normalized spacial score (nSPS) is 18.6. The standard InChI is InChI=1S/C30H41N7O/c1-17(2)25-26(22-15-37-28(31-16-32-37)19(4)18(22)3)34-24-14-13-23(33-27(24)25)20-9-11-21(12-10-20)35-30(5,6)29(38)36(7)8/h13-17,20-21,34-35H,9-12H2,1-8H3. The first-order chi connectivity index (χ1) is 18.0. The average molecular weight is 516 g/mol. The molecule has 2 N–H and O–H groups in total. The molecule has 1 fully saturated rings. The molecule has 1 aliphatic carbocycles. The van der Waals surface area contributed by atoms with Gasteiger partial charge in [0.2, 0.25) is 5.91 Å². The van der Waals surface area contributed by atoms with Crippen molar-refractivity contribution < 1.29 is 4.79 Å². The molecule has 4 heterocycles. The van der Waals surface area contributed by atoms with E-state index in [-0.39, 0.29) is 5.91 Å². The Balaban J connectivity index is 1.43. The van der Waals surface area contributed by atoms with Crippen LogP contribution in [-0.2, 0) is 4.79 Å². The number of likely N-dealkylation sites (N-methyl/N-ethyl adjacent to an activating group) is 1. The Kier molecular flexibility index (Phi) is 6.80. The quantitative estimate of drug-likeness (QED) is 0.354. The van der Waals surface area contributed by atoms with E-state index in [4.69, 9.17) is 4.98 Å². The Morgan fingerprint density at radius 2 is 1.84 bits per heavy atom. The van der Waals surface area contributed by atoms with E-state index < -0.39 is 5.54 Å². The number of aromatic nitrogens is 5. The number of nitrogens with one attached hydrogen (secondary N) is 2. The van der Waals surface area contributed by atoms with Gasteiger partial charge in [0.25, 0.3) is 0 Å². The number of rotatable bonds is 6. The summed E-state index contributed by atoms with van der Waals surface area (Å²) in [6.45, 7) is 12.7. The Morgan fingerprint density at radius 3 is 2.50 bits per heavy atom. The fourth-order valence-electron chi connectivity index (χ4n) is 6.22. The molecule has 0 spiro atoms. The predicted molar refractivity (Wildman–Crippen MR) is 153 cm³/mol. The highest BCUT2D eigenvalue weighted by Crippen LogP contribution is 2.39. The fraction of sp³-hybridized carbons (Fsp3) is 0.533. The lowest BCUT2D eigenvalue weighted by molar-refractivity contribution is -0.134. The third-order valence-corrected chi connectivity index (χ3v) is 8.33. The number of nitrogens with zero attached hydrogens (tertiary/aromatic N) is 5. The smallest absolute Gasteiger partial charge is 0.241 e. The fourth-order valence-corrected chi connectivity index (χ4v) is 6.22. The van der Waals surface area contributed by atoms with Gasteiger partial charge in [-0.1, -0.05) is 13.8 Å². The molecular weight excluding hydrogens is 474 g/mol. The molecule has 1 amide bonds. The lowest BCUT2D eigenvalue weighted by atomic mass is 9.82. The summed E-state index contributed by atoms with van der Waals surface area (Å²) >= 11 is 0. The van der Waals surface area contributed by atoms with Gasteiger partial charge in [-0.25, -0.2) is 9.50 Å². The predicted octanol–water partition coefficient (Wildman–Crippen LogP) is 5.50. The maximum atomic E-state index is 12.6. The highest BCUT2D eigenvalue weighted by atomic mass is 16.2. The van der Waals surface area contributed by atoms with Gasteiger partial charge in [-0.2, -0.15) is 5.10 Å². The number of amides is 1. The monoisotopic (exact) mass is 515 g/mol. The van der Waals surface area contributed by atoms with Gasteiger partial charge in [0.1, 0.15) is 6.33 Å². The van der Waals surface area contributed by atoms with E-state index >= 15 is 0 Å². The Labute approximate surface area is 225 Å². The van der Waals surface area contributed by atoms with E-state index in [1.54, 1.807) is 11.2 Å². The minimum absolute atomic E-state index is 0.115. The van der Waals surface area contributed by atoms with Crippen molar-refractivity contribution in [3.05, 3.63) is 47.0 Å². The zero-order valence-corrected chi connectivity index (χ0v) is 24.0. The first-order valence-electron chi connectivity index (χ1n) is 13.8. The molecular formula is C30H41N7O. The van der Waals surface area contributed by atoms with Gasteiger partial charge < -0.3 is 15.2 Å². The van der Waals surface area contributed by atoms with Crippen LogP contribution >= 0.6 is 0 Å². The van der Waals surface area contributed by atoms with Gasteiger partial charge in [0.15, 0.2) is 5.65 Å².